The van der Waals surface area contributed by atoms with Crippen LogP contribution in [0.2, 0.25) is 5.02 Å². The first kappa shape index (κ1) is 20.0. The monoisotopic (exact) mass is 438 g/mol. The van der Waals surface area contributed by atoms with E-state index in [-0.39, 0.29) is 5.57 Å². The molecule has 4 amide bonds. The van der Waals surface area contributed by atoms with Crippen molar-refractivity contribution in [3.05, 3.63) is 82.6 Å². The first-order chi connectivity index (χ1) is 14.4. The number of carbonyl (C=O) groups is 3. The molecular weight excluding hydrogens is 424 g/mol. The number of nitrogens with one attached hydrogen (secondary N) is 1. The fourth-order valence-electron chi connectivity index (χ4n) is 2.81. The molecule has 30 heavy (non-hydrogen) atoms. The summed E-state index contributed by atoms with van der Waals surface area (Å²) < 4.78 is 5.73. The van der Waals surface area contributed by atoms with Crippen LogP contribution in [0.3, 0.4) is 0 Å². The maximum Gasteiger partial charge on any atom is 0.335 e. The van der Waals surface area contributed by atoms with Gasteiger partial charge in [-0.05, 0) is 61.5 Å². The minimum absolute atomic E-state index is 0.203. The third-order valence-electron chi connectivity index (χ3n) is 4.31. The van der Waals surface area contributed by atoms with E-state index in [0.717, 1.165) is 15.4 Å². The number of barbiturate groups is 1. The van der Waals surface area contributed by atoms with Crippen molar-refractivity contribution >= 4 is 53.0 Å². The van der Waals surface area contributed by atoms with Gasteiger partial charge in [-0.25, -0.2) is 9.69 Å². The van der Waals surface area contributed by atoms with Crippen molar-refractivity contribution < 1.29 is 18.8 Å². The van der Waals surface area contributed by atoms with Crippen LogP contribution in [0.5, 0.6) is 0 Å². The molecule has 1 fully saturated rings. The first-order valence-corrected chi connectivity index (χ1v) is 10.1. The third kappa shape index (κ3) is 4.17. The van der Waals surface area contributed by atoms with Gasteiger partial charge >= 0.3 is 6.03 Å². The smallest absolute Gasteiger partial charge is 0.335 e. The zero-order valence-corrected chi connectivity index (χ0v) is 17.3. The predicted octanol–water partition coefficient (Wildman–Crippen LogP) is 5.06. The molecule has 6 nitrogen and oxygen atoms in total. The van der Waals surface area contributed by atoms with Crippen LogP contribution in [-0.4, -0.2) is 17.8 Å². The van der Waals surface area contributed by atoms with Crippen LogP contribution in [0.25, 0.3) is 6.08 Å². The van der Waals surface area contributed by atoms with Gasteiger partial charge in [-0.2, -0.15) is 0 Å². The Morgan fingerprint density at radius 2 is 1.67 bits per heavy atom. The zero-order chi connectivity index (χ0) is 21.3. The molecule has 8 heteroatoms. The lowest BCUT2D eigenvalue weighted by Crippen LogP contribution is -2.54. The molecule has 0 unspecified atom stereocenters. The van der Waals surface area contributed by atoms with Gasteiger partial charge in [-0.15, -0.1) is 0 Å². The standard InChI is InChI=1S/C22H15ClN2O4S/c1-13-2-9-17(10-3-13)30-19-11-8-16(29-19)12-18-20(26)24-22(28)25(21(18)27)15-6-4-14(23)5-7-15/h2-12H,1H3,(H,24,26,28)/b18-12+. The molecule has 0 bridgehead atoms. The highest BCUT2D eigenvalue weighted by molar-refractivity contribution is 7.99. The second-order valence-electron chi connectivity index (χ2n) is 6.51. The molecule has 150 valence electrons. The van der Waals surface area contributed by atoms with Gasteiger partial charge in [-0.1, -0.05) is 41.1 Å². The Bertz CT molecular complexity index is 1170. The molecule has 2 aromatic carbocycles. The van der Waals surface area contributed by atoms with E-state index in [1.807, 2.05) is 31.2 Å². The molecule has 2 heterocycles. The Kier molecular flexibility index (Phi) is 5.48. The van der Waals surface area contributed by atoms with E-state index in [0.29, 0.717) is 21.6 Å². The van der Waals surface area contributed by atoms with Gasteiger partial charge in [0.25, 0.3) is 11.8 Å². The number of aryl methyl sites for hydroxylation is 1. The molecule has 0 spiro atoms. The summed E-state index contributed by atoms with van der Waals surface area (Å²) in [7, 11) is 0. The first-order valence-electron chi connectivity index (χ1n) is 8.92. The molecule has 0 atom stereocenters. The lowest BCUT2D eigenvalue weighted by Gasteiger charge is -2.26. The van der Waals surface area contributed by atoms with E-state index >= 15 is 0 Å². The molecule has 4 rings (SSSR count). The lowest BCUT2D eigenvalue weighted by molar-refractivity contribution is -0.122. The maximum atomic E-state index is 12.9. The van der Waals surface area contributed by atoms with Gasteiger partial charge in [0.2, 0.25) is 0 Å². The Labute approximate surface area is 181 Å². The largest absolute Gasteiger partial charge is 0.450 e. The number of carbonyl (C=O) groups excluding carboxylic acids is 3. The normalized spacial score (nSPS) is 15.6. The Hall–Kier alpha value is -3.29. The average molecular weight is 439 g/mol. The van der Waals surface area contributed by atoms with Gasteiger partial charge in [0.15, 0.2) is 5.09 Å². The highest BCUT2D eigenvalue weighted by Gasteiger charge is 2.37. The van der Waals surface area contributed by atoms with Crippen molar-refractivity contribution in [1.82, 2.24) is 5.32 Å². The highest BCUT2D eigenvalue weighted by Crippen LogP contribution is 2.30. The molecule has 3 aromatic rings. The van der Waals surface area contributed by atoms with Crippen LogP contribution in [0.15, 0.2) is 80.6 Å². The summed E-state index contributed by atoms with van der Waals surface area (Å²) in [5.74, 6) is -1.19. The van der Waals surface area contributed by atoms with Gasteiger partial charge in [0.1, 0.15) is 11.3 Å². The number of urea groups is 1. The minimum atomic E-state index is -0.820. The van der Waals surface area contributed by atoms with Crippen molar-refractivity contribution in [3.8, 4) is 0 Å². The molecule has 1 saturated heterocycles. The number of rotatable bonds is 4. The Balaban J connectivity index is 1.59. The van der Waals surface area contributed by atoms with E-state index in [1.165, 1.54) is 30.0 Å². The van der Waals surface area contributed by atoms with Crippen LogP contribution in [0.4, 0.5) is 10.5 Å². The van der Waals surface area contributed by atoms with Crippen LogP contribution >= 0.6 is 23.4 Å². The van der Waals surface area contributed by atoms with E-state index in [1.54, 1.807) is 24.3 Å². The van der Waals surface area contributed by atoms with Crippen molar-refractivity contribution in [2.24, 2.45) is 0 Å². The molecule has 1 aliphatic rings. The molecule has 0 saturated carbocycles. The summed E-state index contributed by atoms with van der Waals surface area (Å²) in [6.45, 7) is 2.01. The van der Waals surface area contributed by atoms with Gasteiger partial charge in [0, 0.05) is 9.92 Å². The third-order valence-corrected chi connectivity index (χ3v) is 5.50. The summed E-state index contributed by atoms with van der Waals surface area (Å²) in [5, 5.41) is 3.25. The number of amides is 4. The number of hydrogen-bond acceptors (Lipinski definition) is 5. The van der Waals surface area contributed by atoms with Gasteiger partial charge in [-0.3, -0.25) is 14.9 Å². The highest BCUT2D eigenvalue weighted by atomic mass is 35.5. The Morgan fingerprint density at radius 1 is 0.967 bits per heavy atom. The van der Waals surface area contributed by atoms with E-state index < -0.39 is 17.8 Å². The van der Waals surface area contributed by atoms with Crippen LogP contribution < -0.4 is 10.2 Å². The minimum Gasteiger partial charge on any atom is -0.450 e. The summed E-state index contributed by atoms with van der Waals surface area (Å²) in [6, 6.07) is 16.7. The number of halogens is 1. The SMILES string of the molecule is Cc1ccc(Sc2ccc(/C=C3\C(=O)NC(=O)N(c4ccc(Cl)cc4)C3=O)o2)cc1. The Morgan fingerprint density at radius 3 is 2.37 bits per heavy atom. The summed E-state index contributed by atoms with van der Waals surface area (Å²) in [5.41, 5.74) is 1.26. The second kappa shape index (κ2) is 8.22. The fourth-order valence-corrected chi connectivity index (χ4v) is 3.72. The van der Waals surface area contributed by atoms with Crippen LogP contribution in [0.1, 0.15) is 11.3 Å². The van der Waals surface area contributed by atoms with Crippen LogP contribution in [-0.2, 0) is 9.59 Å². The van der Waals surface area contributed by atoms with E-state index in [4.69, 9.17) is 16.0 Å². The number of furan rings is 1. The number of benzene rings is 2. The summed E-state index contributed by atoms with van der Waals surface area (Å²) >= 11 is 7.29. The van der Waals surface area contributed by atoms with E-state index in [2.05, 4.69) is 5.32 Å². The molecule has 1 aliphatic heterocycles. The molecule has 0 aliphatic carbocycles. The number of hydrogen-bond donors (Lipinski definition) is 1. The molecular formula is C22H15ClN2O4S. The van der Waals surface area contributed by atoms with Crippen molar-refractivity contribution in [1.29, 1.82) is 0 Å². The fraction of sp³-hybridized carbons (Fsp3) is 0.0455. The van der Waals surface area contributed by atoms with Gasteiger partial charge < -0.3 is 4.42 Å². The molecule has 0 radical (unpaired) electrons. The quantitative estimate of drug-likeness (QED) is 0.455. The topological polar surface area (TPSA) is 79.6 Å². The van der Waals surface area contributed by atoms with Crippen molar-refractivity contribution in [2.75, 3.05) is 4.90 Å². The average Bonchev–Trinajstić information content (AvgIpc) is 3.15. The maximum absolute atomic E-state index is 12.9. The molecule has 1 aromatic heterocycles. The van der Waals surface area contributed by atoms with Gasteiger partial charge in [0.05, 0.1) is 5.69 Å². The van der Waals surface area contributed by atoms with E-state index in [9.17, 15) is 14.4 Å². The number of imide groups is 2. The van der Waals surface area contributed by atoms with Crippen molar-refractivity contribution in [2.45, 2.75) is 16.9 Å². The number of nitrogens with zero attached hydrogens (tertiary/aromatic N) is 1. The zero-order valence-electron chi connectivity index (χ0n) is 15.7. The molecule has 1 N–H and O–H groups in total. The summed E-state index contributed by atoms with van der Waals surface area (Å²) in [4.78, 5) is 39.2. The van der Waals surface area contributed by atoms with Crippen LogP contribution in [0, 0.1) is 6.92 Å². The number of anilines is 1. The van der Waals surface area contributed by atoms with Crippen molar-refractivity contribution in [3.63, 3.8) is 0 Å². The lowest BCUT2D eigenvalue weighted by atomic mass is 10.1. The summed E-state index contributed by atoms with van der Waals surface area (Å²) in [6.07, 6.45) is 1.33. The predicted molar refractivity (Wildman–Crippen MR) is 114 cm³/mol. The second-order valence-corrected chi connectivity index (χ2v) is 8.02.